The number of hydrogen-bond donors (Lipinski definition) is 0. The average molecular weight is 156 g/mol. The highest BCUT2D eigenvalue weighted by Crippen LogP contribution is 2.13. The summed E-state index contributed by atoms with van der Waals surface area (Å²) in [4.78, 5) is 0. The van der Waals surface area contributed by atoms with Gasteiger partial charge in [0.1, 0.15) is 0 Å². The third-order valence-corrected chi connectivity index (χ3v) is 1.65. The predicted octanol–water partition coefficient (Wildman–Crippen LogP) is 2.11. The van der Waals surface area contributed by atoms with Gasteiger partial charge in [0.15, 0.2) is 6.29 Å². The van der Waals surface area contributed by atoms with E-state index < -0.39 is 0 Å². The summed E-state index contributed by atoms with van der Waals surface area (Å²) < 4.78 is 10.8. The van der Waals surface area contributed by atoms with Crippen molar-refractivity contribution < 1.29 is 9.47 Å². The van der Waals surface area contributed by atoms with E-state index in [1.165, 1.54) is 12.8 Å². The van der Waals surface area contributed by atoms with Crippen molar-refractivity contribution in [2.75, 3.05) is 13.2 Å². The van der Waals surface area contributed by atoms with Gasteiger partial charge >= 0.3 is 0 Å². The second kappa shape index (κ2) is 4.52. The molecule has 1 heterocycles. The van der Waals surface area contributed by atoms with Crippen molar-refractivity contribution >= 4 is 0 Å². The molecule has 1 rings (SSSR count). The maximum absolute atomic E-state index is 5.42. The molecule has 0 aromatic rings. The Balaban J connectivity index is 2.09. The largest absolute Gasteiger partial charge is 0.353 e. The maximum atomic E-state index is 5.42. The van der Waals surface area contributed by atoms with Gasteiger partial charge in [0.05, 0.1) is 6.61 Å². The van der Waals surface area contributed by atoms with Gasteiger partial charge in [0, 0.05) is 6.61 Å². The standard InChI is InChI=1S/C9H16O2/c1-8(2)7-11-9-5-3-4-6-10-9/h9H,1,3-7H2,2H3/t9-/m1/s1. The summed E-state index contributed by atoms with van der Waals surface area (Å²) in [6.07, 6.45) is 3.46. The fraction of sp³-hybridized carbons (Fsp3) is 0.778. The van der Waals surface area contributed by atoms with Crippen LogP contribution in [-0.2, 0) is 9.47 Å². The van der Waals surface area contributed by atoms with E-state index in [4.69, 9.17) is 9.47 Å². The van der Waals surface area contributed by atoms with Crippen LogP contribution < -0.4 is 0 Å². The van der Waals surface area contributed by atoms with Crippen LogP contribution in [0.25, 0.3) is 0 Å². The topological polar surface area (TPSA) is 18.5 Å². The van der Waals surface area contributed by atoms with Crippen molar-refractivity contribution in [3.05, 3.63) is 12.2 Å². The maximum Gasteiger partial charge on any atom is 0.158 e. The van der Waals surface area contributed by atoms with Crippen molar-refractivity contribution in [1.29, 1.82) is 0 Å². The van der Waals surface area contributed by atoms with Gasteiger partial charge in [0.2, 0.25) is 0 Å². The molecule has 0 N–H and O–H groups in total. The zero-order valence-electron chi connectivity index (χ0n) is 7.14. The molecule has 1 saturated heterocycles. The van der Waals surface area contributed by atoms with Gasteiger partial charge in [-0.2, -0.15) is 0 Å². The Labute approximate surface area is 68.2 Å². The summed E-state index contributed by atoms with van der Waals surface area (Å²) >= 11 is 0. The van der Waals surface area contributed by atoms with Crippen molar-refractivity contribution in [3.8, 4) is 0 Å². The number of hydrogen-bond acceptors (Lipinski definition) is 2. The second-order valence-electron chi connectivity index (χ2n) is 3.06. The molecule has 0 bridgehead atoms. The fourth-order valence-corrected chi connectivity index (χ4v) is 1.08. The summed E-state index contributed by atoms with van der Waals surface area (Å²) in [5, 5.41) is 0. The second-order valence-corrected chi connectivity index (χ2v) is 3.06. The molecule has 11 heavy (non-hydrogen) atoms. The summed E-state index contributed by atoms with van der Waals surface area (Å²) in [5.41, 5.74) is 1.05. The minimum atomic E-state index is 0.0282. The van der Waals surface area contributed by atoms with E-state index in [0.29, 0.717) is 6.61 Å². The first-order valence-electron chi connectivity index (χ1n) is 4.16. The molecule has 0 spiro atoms. The molecule has 0 unspecified atom stereocenters. The lowest BCUT2D eigenvalue weighted by atomic mass is 10.2. The van der Waals surface area contributed by atoms with Gasteiger partial charge in [-0.25, -0.2) is 0 Å². The first-order valence-corrected chi connectivity index (χ1v) is 4.16. The van der Waals surface area contributed by atoms with Gasteiger partial charge in [-0.1, -0.05) is 12.2 Å². The van der Waals surface area contributed by atoms with Crippen molar-refractivity contribution in [2.24, 2.45) is 0 Å². The molecule has 64 valence electrons. The van der Waals surface area contributed by atoms with Gasteiger partial charge in [-0.15, -0.1) is 0 Å². The average Bonchev–Trinajstić information content (AvgIpc) is 2.03. The lowest BCUT2D eigenvalue weighted by Crippen LogP contribution is -2.22. The summed E-state index contributed by atoms with van der Waals surface area (Å²) in [6, 6.07) is 0. The SMILES string of the molecule is C=C(C)CO[C@@H]1CCCCO1. The number of ether oxygens (including phenoxy) is 2. The van der Waals surface area contributed by atoms with Crippen LogP contribution in [0.1, 0.15) is 26.2 Å². The van der Waals surface area contributed by atoms with Crippen LogP contribution in [-0.4, -0.2) is 19.5 Å². The van der Waals surface area contributed by atoms with Crippen LogP contribution in [0, 0.1) is 0 Å². The van der Waals surface area contributed by atoms with Crippen molar-refractivity contribution in [2.45, 2.75) is 32.5 Å². The minimum Gasteiger partial charge on any atom is -0.353 e. The highest BCUT2D eigenvalue weighted by molar-refractivity contribution is 4.87. The molecule has 0 radical (unpaired) electrons. The molecule has 0 aromatic carbocycles. The van der Waals surface area contributed by atoms with Crippen molar-refractivity contribution in [1.82, 2.24) is 0 Å². The summed E-state index contributed by atoms with van der Waals surface area (Å²) in [5.74, 6) is 0. The zero-order chi connectivity index (χ0) is 8.10. The van der Waals surface area contributed by atoms with Crippen molar-refractivity contribution in [3.63, 3.8) is 0 Å². The van der Waals surface area contributed by atoms with E-state index in [0.717, 1.165) is 18.6 Å². The first kappa shape index (κ1) is 8.75. The molecular weight excluding hydrogens is 140 g/mol. The molecule has 0 amide bonds. The predicted molar refractivity (Wildman–Crippen MR) is 44.4 cm³/mol. The molecule has 0 aliphatic carbocycles. The highest BCUT2D eigenvalue weighted by Gasteiger charge is 2.13. The Bertz CT molecular complexity index is 126. The smallest absolute Gasteiger partial charge is 0.158 e. The molecule has 0 saturated carbocycles. The van der Waals surface area contributed by atoms with Crippen LogP contribution in [0.4, 0.5) is 0 Å². The van der Waals surface area contributed by atoms with E-state index in [1.54, 1.807) is 0 Å². The van der Waals surface area contributed by atoms with Crippen LogP contribution in [0.2, 0.25) is 0 Å². The molecular formula is C9H16O2. The number of rotatable bonds is 3. The van der Waals surface area contributed by atoms with Crippen LogP contribution in [0.5, 0.6) is 0 Å². The van der Waals surface area contributed by atoms with Gasteiger partial charge < -0.3 is 9.47 Å². The van der Waals surface area contributed by atoms with E-state index >= 15 is 0 Å². The Morgan fingerprint density at radius 2 is 2.45 bits per heavy atom. The normalized spacial score (nSPS) is 25.0. The Kier molecular flexibility index (Phi) is 3.60. The van der Waals surface area contributed by atoms with Gasteiger partial charge in [-0.05, 0) is 26.2 Å². The Morgan fingerprint density at radius 3 is 3.00 bits per heavy atom. The first-order chi connectivity index (χ1) is 5.29. The van der Waals surface area contributed by atoms with E-state index in [2.05, 4.69) is 6.58 Å². The molecule has 2 nitrogen and oxygen atoms in total. The Morgan fingerprint density at radius 1 is 1.64 bits per heavy atom. The van der Waals surface area contributed by atoms with Crippen LogP contribution in [0.15, 0.2) is 12.2 Å². The Hall–Kier alpha value is -0.340. The monoisotopic (exact) mass is 156 g/mol. The summed E-state index contributed by atoms with van der Waals surface area (Å²) in [6.45, 7) is 7.20. The highest BCUT2D eigenvalue weighted by atomic mass is 16.7. The molecule has 2 heteroatoms. The molecule has 1 aliphatic heterocycles. The third kappa shape index (κ3) is 3.54. The van der Waals surface area contributed by atoms with E-state index in [9.17, 15) is 0 Å². The third-order valence-electron chi connectivity index (χ3n) is 1.65. The summed E-state index contributed by atoms with van der Waals surface area (Å²) in [7, 11) is 0. The lowest BCUT2D eigenvalue weighted by Gasteiger charge is -2.22. The van der Waals surface area contributed by atoms with E-state index in [1.807, 2.05) is 6.92 Å². The molecule has 1 fully saturated rings. The molecule has 0 aromatic heterocycles. The lowest BCUT2D eigenvalue weighted by molar-refractivity contribution is -0.156. The zero-order valence-corrected chi connectivity index (χ0v) is 7.14. The van der Waals surface area contributed by atoms with Gasteiger partial charge in [0.25, 0.3) is 0 Å². The van der Waals surface area contributed by atoms with E-state index in [-0.39, 0.29) is 6.29 Å². The van der Waals surface area contributed by atoms with Gasteiger partial charge in [-0.3, -0.25) is 0 Å². The van der Waals surface area contributed by atoms with Crippen LogP contribution >= 0.6 is 0 Å². The minimum absolute atomic E-state index is 0.0282. The molecule has 1 aliphatic rings. The quantitative estimate of drug-likeness (QED) is 0.582. The fourth-order valence-electron chi connectivity index (χ4n) is 1.08. The molecule has 1 atom stereocenters. The van der Waals surface area contributed by atoms with Crippen LogP contribution in [0.3, 0.4) is 0 Å².